The average molecular weight is 267 g/mol. The van der Waals surface area contributed by atoms with Crippen molar-refractivity contribution < 1.29 is 9.53 Å². The maximum absolute atomic E-state index is 11.6. The normalized spacial score (nSPS) is 15.4. The summed E-state index contributed by atoms with van der Waals surface area (Å²) < 4.78 is 4.75. The van der Waals surface area contributed by atoms with Gasteiger partial charge < -0.3 is 9.72 Å². The highest BCUT2D eigenvalue weighted by Crippen LogP contribution is 2.34. The Bertz CT molecular complexity index is 695. The van der Waals surface area contributed by atoms with Gasteiger partial charge in [-0.3, -0.25) is 0 Å². The number of aryl methyl sites for hydroxylation is 2. The number of hydrogen-bond donors (Lipinski definition) is 1. The first kappa shape index (κ1) is 12.7. The van der Waals surface area contributed by atoms with Gasteiger partial charge in [-0.05, 0) is 42.5 Å². The van der Waals surface area contributed by atoms with Crippen LogP contribution in [0.1, 0.15) is 39.3 Å². The first-order valence-electron chi connectivity index (χ1n) is 6.75. The van der Waals surface area contributed by atoms with E-state index in [2.05, 4.69) is 42.2 Å². The smallest absolute Gasteiger partial charge is 0.354 e. The zero-order valence-electron chi connectivity index (χ0n) is 11.7. The Morgan fingerprint density at radius 3 is 2.90 bits per heavy atom. The van der Waals surface area contributed by atoms with E-state index >= 15 is 0 Å². The van der Waals surface area contributed by atoms with Crippen molar-refractivity contribution in [3.8, 4) is 0 Å². The highest BCUT2D eigenvalue weighted by molar-refractivity contribution is 5.92. The van der Waals surface area contributed by atoms with Gasteiger partial charge in [0.2, 0.25) is 0 Å². The number of aromatic amines is 1. The number of allylic oxidation sites excluding steroid dienone is 1. The van der Waals surface area contributed by atoms with Gasteiger partial charge in [0.05, 0.1) is 7.11 Å². The van der Waals surface area contributed by atoms with Crippen LogP contribution >= 0.6 is 0 Å². The van der Waals surface area contributed by atoms with E-state index in [0.717, 1.165) is 24.1 Å². The molecule has 0 radical (unpaired) electrons. The van der Waals surface area contributed by atoms with Gasteiger partial charge >= 0.3 is 5.97 Å². The van der Waals surface area contributed by atoms with Gasteiger partial charge in [0.15, 0.2) is 0 Å². The minimum Gasteiger partial charge on any atom is -0.464 e. The third kappa shape index (κ3) is 2.27. The SMILES string of the molecule is COC(=O)c1cc2c([nH]1)CC/C2=C/c1cccc(C)c1. The average Bonchev–Trinajstić information content (AvgIpc) is 3.00. The van der Waals surface area contributed by atoms with Gasteiger partial charge in [-0.1, -0.05) is 35.9 Å². The Hall–Kier alpha value is -2.29. The lowest BCUT2D eigenvalue weighted by molar-refractivity contribution is 0.0594. The second-order valence-electron chi connectivity index (χ2n) is 5.15. The Kier molecular flexibility index (Phi) is 3.18. The molecule has 0 atom stereocenters. The fourth-order valence-electron chi connectivity index (χ4n) is 2.71. The topological polar surface area (TPSA) is 42.1 Å². The number of H-pyrrole nitrogens is 1. The van der Waals surface area contributed by atoms with Gasteiger partial charge in [0.1, 0.15) is 5.69 Å². The molecule has 0 saturated carbocycles. The highest BCUT2D eigenvalue weighted by Gasteiger charge is 2.21. The van der Waals surface area contributed by atoms with E-state index in [1.807, 2.05) is 6.07 Å². The van der Waals surface area contributed by atoms with Crippen molar-refractivity contribution in [1.29, 1.82) is 0 Å². The molecule has 0 saturated heterocycles. The van der Waals surface area contributed by atoms with Crippen LogP contribution in [0, 0.1) is 6.92 Å². The lowest BCUT2D eigenvalue weighted by Crippen LogP contribution is -2.01. The zero-order chi connectivity index (χ0) is 14.1. The molecule has 3 rings (SSSR count). The predicted octanol–water partition coefficient (Wildman–Crippen LogP) is 3.60. The number of fused-ring (bicyclic) bond motifs is 1. The highest BCUT2D eigenvalue weighted by atomic mass is 16.5. The molecule has 20 heavy (non-hydrogen) atoms. The maximum atomic E-state index is 11.6. The summed E-state index contributed by atoms with van der Waals surface area (Å²) in [5.74, 6) is -0.311. The van der Waals surface area contributed by atoms with E-state index in [4.69, 9.17) is 4.74 Å². The summed E-state index contributed by atoms with van der Waals surface area (Å²) >= 11 is 0. The van der Waals surface area contributed by atoms with Crippen molar-refractivity contribution in [3.05, 3.63) is 58.4 Å². The van der Waals surface area contributed by atoms with Gasteiger partial charge in [0.25, 0.3) is 0 Å². The molecule has 1 heterocycles. The first-order chi connectivity index (χ1) is 9.67. The molecule has 0 amide bonds. The summed E-state index contributed by atoms with van der Waals surface area (Å²) in [6.45, 7) is 2.09. The Morgan fingerprint density at radius 2 is 2.15 bits per heavy atom. The molecule has 1 aliphatic rings. The van der Waals surface area contributed by atoms with Crippen LogP contribution in [-0.4, -0.2) is 18.1 Å². The van der Waals surface area contributed by atoms with Crippen LogP contribution in [0.15, 0.2) is 30.3 Å². The molecule has 3 heteroatoms. The Morgan fingerprint density at radius 1 is 1.30 bits per heavy atom. The van der Waals surface area contributed by atoms with Crippen molar-refractivity contribution in [2.24, 2.45) is 0 Å². The number of ether oxygens (including phenoxy) is 1. The number of hydrogen-bond acceptors (Lipinski definition) is 2. The molecule has 2 aromatic rings. The number of methoxy groups -OCH3 is 1. The van der Waals surface area contributed by atoms with Gasteiger partial charge in [-0.25, -0.2) is 4.79 Å². The van der Waals surface area contributed by atoms with Crippen LogP contribution in [0.3, 0.4) is 0 Å². The number of esters is 1. The molecular weight excluding hydrogens is 250 g/mol. The van der Waals surface area contributed by atoms with Crippen LogP contribution in [-0.2, 0) is 11.2 Å². The standard InChI is InChI=1S/C17H17NO2/c1-11-4-3-5-12(8-11)9-13-6-7-15-14(13)10-16(18-15)17(19)20-2/h3-5,8-10,18H,6-7H2,1-2H3/b13-9-. The number of carbonyl (C=O) groups excluding carboxylic acids is 1. The maximum Gasteiger partial charge on any atom is 0.354 e. The molecule has 102 valence electrons. The molecule has 1 aromatic heterocycles. The summed E-state index contributed by atoms with van der Waals surface area (Å²) in [6.07, 6.45) is 4.16. The predicted molar refractivity (Wildman–Crippen MR) is 79.5 cm³/mol. The van der Waals surface area contributed by atoms with Crippen molar-refractivity contribution in [3.63, 3.8) is 0 Å². The fourth-order valence-corrected chi connectivity index (χ4v) is 2.71. The van der Waals surface area contributed by atoms with Crippen LogP contribution in [0.4, 0.5) is 0 Å². The number of benzene rings is 1. The van der Waals surface area contributed by atoms with E-state index < -0.39 is 0 Å². The molecule has 1 aliphatic carbocycles. The molecule has 0 bridgehead atoms. The molecule has 1 N–H and O–H groups in total. The summed E-state index contributed by atoms with van der Waals surface area (Å²) in [4.78, 5) is 14.7. The number of aromatic nitrogens is 1. The van der Waals surface area contributed by atoms with Crippen molar-refractivity contribution in [2.75, 3.05) is 7.11 Å². The molecule has 0 spiro atoms. The Labute approximate surface area is 118 Å². The number of nitrogens with one attached hydrogen (secondary N) is 1. The summed E-state index contributed by atoms with van der Waals surface area (Å²) in [7, 11) is 1.40. The van der Waals surface area contributed by atoms with E-state index in [1.54, 1.807) is 0 Å². The van der Waals surface area contributed by atoms with Gasteiger partial charge in [0, 0.05) is 5.69 Å². The lowest BCUT2D eigenvalue weighted by atomic mass is 10.0. The first-order valence-corrected chi connectivity index (χ1v) is 6.75. The third-order valence-corrected chi connectivity index (χ3v) is 3.68. The largest absolute Gasteiger partial charge is 0.464 e. The molecule has 0 fully saturated rings. The third-order valence-electron chi connectivity index (χ3n) is 3.68. The van der Waals surface area contributed by atoms with Crippen LogP contribution < -0.4 is 0 Å². The van der Waals surface area contributed by atoms with Gasteiger partial charge in [-0.2, -0.15) is 0 Å². The van der Waals surface area contributed by atoms with E-state index in [-0.39, 0.29) is 5.97 Å². The van der Waals surface area contributed by atoms with E-state index in [1.165, 1.54) is 23.8 Å². The minimum atomic E-state index is -0.311. The molecule has 1 aromatic carbocycles. The fraction of sp³-hybridized carbons (Fsp3) is 0.235. The summed E-state index contributed by atoms with van der Waals surface area (Å²) in [6, 6.07) is 10.3. The van der Waals surface area contributed by atoms with Crippen molar-refractivity contribution in [1.82, 2.24) is 4.98 Å². The van der Waals surface area contributed by atoms with Crippen LogP contribution in [0.25, 0.3) is 11.6 Å². The molecule has 0 aliphatic heterocycles. The second kappa shape index (κ2) is 5.00. The zero-order valence-corrected chi connectivity index (χ0v) is 11.7. The minimum absolute atomic E-state index is 0.311. The summed E-state index contributed by atoms with van der Waals surface area (Å²) in [5.41, 5.74) is 6.54. The van der Waals surface area contributed by atoms with Crippen molar-refractivity contribution in [2.45, 2.75) is 19.8 Å². The monoisotopic (exact) mass is 267 g/mol. The molecule has 3 nitrogen and oxygen atoms in total. The van der Waals surface area contributed by atoms with Gasteiger partial charge in [-0.15, -0.1) is 0 Å². The second-order valence-corrected chi connectivity index (χ2v) is 5.15. The quantitative estimate of drug-likeness (QED) is 0.845. The Balaban J connectivity index is 1.96. The summed E-state index contributed by atoms with van der Waals surface area (Å²) in [5, 5.41) is 0. The number of carbonyl (C=O) groups is 1. The lowest BCUT2D eigenvalue weighted by Gasteiger charge is -2.00. The molecule has 0 unspecified atom stereocenters. The van der Waals surface area contributed by atoms with E-state index in [0.29, 0.717) is 5.69 Å². The van der Waals surface area contributed by atoms with E-state index in [9.17, 15) is 4.79 Å². The molecular formula is C17H17NO2. The van der Waals surface area contributed by atoms with Crippen LogP contribution in [0.5, 0.6) is 0 Å². The number of rotatable bonds is 2. The van der Waals surface area contributed by atoms with Crippen molar-refractivity contribution >= 4 is 17.6 Å². The van der Waals surface area contributed by atoms with Crippen LogP contribution in [0.2, 0.25) is 0 Å².